The summed E-state index contributed by atoms with van der Waals surface area (Å²) in [6.07, 6.45) is 9.91. The molecule has 2 aromatic heterocycles. The average Bonchev–Trinajstić information content (AvgIpc) is 3.36. The van der Waals surface area contributed by atoms with E-state index in [0.29, 0.717) is 17.0 Å². The van der Waals surface area contributed by atoms with E-state index in [1.807, 2.05) is 13.8 Å². The number of nitrogen functional groups attached to an aromatic ring is 1. The van der Waals surface area contributed by atoms with Crippen molar-refractivity contribution < 1.29 is 22.7 Å². The molecular formula is C33H48F3N5O2Se. The van der Waals surface area contributed by atoms with E-state index in [0.717, 1.165) is 5.92 Å². The Labute approximate surface area is 267 Å². The number of pyridine rings is 1. The van der Waals surface area contributed by atoms with Gasteiger partial charge in [-0.05, 0) is 5.92 Å². The molecule has 0 aliphatic heterocycles. The second-order valence-electron chi connectivity index (χ2n) is 9.87. The Balaban J connectivity index is 0.000000630. The number of aromatic nitrogens is 2. The maximum absolute atomic E-state index is 13.1. The summed E-state index contributed by atoms with van der Waals surface area (Å²) in [4.78, 5) is 11.8. The number of nitrogens with two attached hydrogens (primary N) is 1. The van der Waals surface area contributed by atoms with Crippen LogP contribution in [-0.4, -0.2) is 56.3 Å². The van der Waals surface area contributed by atoms with Gasteiger partial charge in [0.05, 0.1) is 0 Å². The van der Waals surface area contributed by atoms with Gasteiger partial charge >= 0.3 is 182 Å². The third-order valence-corrected chi connectivity index (χ3v) is 8.23. The normalized spacial score (nSPS) is 11.2. The van der Waals surface area contributed by atoms with Gasteiger partial charge in [0.2, 0.25) is 0 Å². The number of benzene rings is 1. The zero-order valence-electron chi connectivity index (χ0n) is 27.0. The Bertz CT molecular complexity index is 1350. The Kier molecular flexibility index (Phi) is 18.1. The van der Waals surface area contributed by atoms with E-state index in [2.05, 4.69) is 48.3 Å². The summed E-state index contributed by atoms with van der Waals surface area (Å²) in [6.45, 7) is 11.0. The van der Waals surface area contributed by atoms with Gasteiger partial charge in [-0.3, -0.25) is 0 Å². The molecule has 4 N–H and O–H groups in total. The van der Waals surface area contributed by atoms with E-state index in [9.17, 15) is 18.0 Å². The average molecular weight is 683 g/mol. The van der Waals surface area contributed by atoms with Crippen LogP contribution in [0, 0.1) is 17.8 Å². The molecule has 1 atom stereocenters. The number of anilines is 2. The molecule has 11 heteroatoms. The number of carbonyl (C=O) groups is 1. The second kappa shape index (κ2) is 20.6. The summed E-state index contributed by atoms with van der Waals surface area (Å²) in [5.41, 5.74) is 7.10. The van der Waals surface area contributed by atoms with Crippen molar-refractivity contribution >= 4 is 42.3 Å². The standard InChI is InChI=1S/C20H18F3N5O2Se.C11H24.C2H6/c1-25-19(29)12-8-9-16(30-2)14(11-12)26-10-4-5-13-18(31-20(21,22)23)15-6-3-7-17(24)28(15)27-13;1-4-6-8-10-11(3)9-7-5-2;1-2/h3,6-9,11,26H,10,24H2,1-2H3,(H,25,29);11H,4-10H2,1-3H3;1-2H3/t;11-;/m.1./s1. The number of amides is 1. The number of rotatable bonds is 12. The predicted octanol–water partition coefficient (Wildman–Crippen LogP) is 7.02. The second-order valence-corrected chi connectivity index (χ2v) is 12.1. The third kappa shape index (κ3) is 13.1. The van der Waals surface area contributed by atoms with Crippen LogP contribution < -0.4 is 25.6 Å². The van der Waals surface area contributed by atoms with Gasteiger partial charge in [-0.15, -0.1) is 0 Å². The number of unbranched alkanes of at least 4 members (excludes halogenated alkanes) is 3. The van der Waals surface area contributed by atoms with E-state index < -0.39 is 20.0 Å². The zero-order chi connectivity index (χ0) is 33.1. The Morgan fingerprint density at radius 1 is 1.11 bits per heavy atom. The molecule has 3 aromatic rings. The molecule has 2 heterocycles. The molecule has 0 bridgehead atoms. The minimum atomic E-state index is -4.36. The first-order valence-corrected chi connectivity index (χ1v) is 16.9. The summed E-state index contributed by atoms with van der Waals surface area (Å²) < 4.78 is 45.9. The molecule has 0 radical (unpaired) electrons. The van der Waals surface area contributed by atoms with Gasteiger partial charge in [0.15, 0.2) is 0 Å². The molecule has 1 aromatic carbocycles. The van der Waals surface area contributed by atoms with Crippen molar-refractivity contribution in [1.29, 1.82) is 0 Å². The first kappa shape index (κ1) is 38.7. The number of nitrogens with zero attached hydrogens (tertiary/aromatic N) is 2. The molecule has 0 saturated carbocycles. The van der Waals surface area contributed by atoms with Crippen molar-refractivity contribution in [2.45, 2.75) is 84.6 Å². The fraction of sp³-hybridized carbons (Fsp3) is 0.515. The van der Waals surface area contributed by atoms with Crippen LogP contribution in [0.25, 0.3) is 5.52 Å². The van der Waals surface area contributed by atoms with Crippen molar-refractivity contribution in [1.82, 2.24) is 14.9 Å². The summed E-state index contributed by atoms with van der Waals surface area (Å²) in [7, 11) is 3.01. The van der Waals surface area contributed by atoms with E-state index >= 15 is 0 Å². The van der Waals surface area contributed by atoms with Gasteiger partial charge in [0.1, 0.15) is 0 Å². The Hall–Kier alpha value is -3.35. The van der Waals surface area contributed by atoms with Crippen molar-refractivity contribution in [3.63, 3.8) is 0 Å². The number of hydrogen-bond donors (Lipinski definition) is 3. The number of ether oxygens (including phenoxy) is 1. The first-order valence-electron chi connectivity index (χ1n) is 15.2. The molecular weight excluding hydrogens is 634 g/mol. The topological polar surface area (TPSA) is 93.7 Å². The number of nitrogens with one attached hydrogen (secondary N) is 2. The van der Waals surface area contributed by atoms with Crippen molar-refractivity contribution in [2.24, 2.45) is 5.92 Å². The molecule has 1 amide bonds. The molecule has 244 valence electrons. The number of halogens is 3. The van der Waals surface area contributed by atoms with E-state index in [1.54, 1.807) is 30.3 Å². The number of hydrogen-bond acceptors (Lipinski definition) is 5. The van der Waals surface area contributed by atoms with Crippen LogP contribution in [-0.2, 0) is 0 Å². The number of carbonyl (C=O) groups excluding carboxylic acids is 1. The maximum atomic E-state index is 13.1. The molecule has 3 rings (SSSR count). The van der Waals surface area contributed by atoms with Gasteiger partial charge in [-0.2, -0.15) is 0 Å². The summed E-state index contributed by atoms with van der Waals surface area (Å²) in [6, 6.07) is 9.51. The van der Waals surface area contributed by atoms with Crippen molar-refractivity contribution in [3.8, 4) is 17.6 Å². The van der Waals surface area contributed by atoms with E-state index in [4.69, 9.17) is 10.5 Å². The molecule has 0 aliphatic rings. The van der Waals surface area contributed by atoms with Gasteiger partial charge < -0.3 is 0 Å². The Morgan fingerprint density at radius 3 is 2.41 bits per heavy atom. The zero-order valence-corrected chi connectivity index (χ0v) is 28.7. The van der Waals surface area contributed by atoms with Crippen LogP contribution in [0.5, 0.6) is 5.75 Å². The fourth-order valence-electron chi connectivity index (χ4n) is 4.21. The molecule has 0 saturated heterocycles. The van der Waals surface area contributed by atoms with Gasteiger partial charge in [0.25, 0.3) is 0 Å². The predicted molar refractivity (Wildman–Crippen MR) is 177 cm³/mol. The number of alkyl halides is 3. The summed E-state index contributed by atoms with van der Waals surface area (Å²) in [5.74, 6) is 6.91. The molecule has 0 unspecified atom stereocenters. The SMILES string of the molecule is CC.CCCCC[C@H](C)CCCC.CNC(=O)c1ccc(OC)c(NCC#Cc2nn3c(N)cccc3c2[Se]C(F)(F)F)c1. The first-order chi connectivity index (χ1) is 21.0. The molecule has 44 heavy (non-hydrogen) atoms. The summed E-state index contributed by atoms with van der Waals surface area (Å²) >= 11 is -1.83. The fourth-order valence-corrected chi connectivity index (χ4v) is 5.63. The summed E-state index contributed by atoms with van der Waals surface area (Å²) in [5, 5.41) is 5.34. The van der Waals surface area contributed by atoms with E-state index in [1.165, 1.54) is 69.7 Å². The molecule has 0 spiro atoms. The monoisotopic (exact) mass is 683 g/mol. The van der Waals surface area contributed by atoms with Crippen LogP contribution in [0.2, 0.25) is 0 Å². The van der Waals surface area contributed by atoms with Gasteiger partial charge in [-0.1, -0.05) is 79.6 Å². The molecule has 0 fully saturated rings. The van der Waals surface area contributed by atoms with Crippen LogP contribution >= 0.6 is 0 Å². The number of methoxy groups -OCH3 is 1. The van der Waals surface area contributed by atoms with Crippen molar-refractivity contribution in [3.05, 3.63) is 47.7 Å². The van der Waals surface area contributed by atoms with Gasteiger partial charge in [-0.25, -0.2) is 0 Å². The van der Waals surface area contributed by atoms with Crippen LogP contribution in [0.15, 0.2) is 36.4 Å². The quantitative estimate of drug-likeness (QED) is 0.109. The van der Waals surface area contributed by atoms with Crippen LogP contribution in [0.4, 0.5) is 24.7 Å². The number of fused-ring (bicyclic) bond motifs is 1. The van der Waals surface area contributed by atoms with Crippen molar-refractivity contribution in [2.75, 3.05) is 31.8 Å². The Morgan fingerprint density at radius 2 is 1.80 bits per heavy atom. The van der Waals surface area contributed by atoms with Crippen LogP contribution in [0.1, 0.15) is 95.6 Å². The minimum absolute atomic E-state index is 0.0268. The van der Waals surface area contributed by atoms with Gasteiger partial charge in [0, 0.05) is 0 Å². The third-order valence-electron chi connectivity index (χ3n) is 6.47. The van der Waals surface area contributed by atoms with E-state index in [-0.39, 0.29) is 33.9 Å². The molecule has 0 aliphatic carbocycles. The molecule has 7 nitrogen and oxygen atoms in total. The van der Waals surface area contributed by atoms with Crippen LogP contribution in [0.3, 0.4) is 0 Å².